The van der Waals surface area contributed by atoms with Crippen LogP contribution >= 0.6 is 0 Å². The Bertz CT molecular complexity index is 445. The Balaban J connectivity index is 2.20. The van der Waals surface area contributed by atoms with Gasteiger partial charge in [-0.2, -0.15) is 0 Å². The predicted molar refractivity (Wildman–Crippen MR) is 83.0 cm³/mol. The number of aryl methyl sites for hydroxylation is 1. The van der Waals surface area contributed by atoms with E-state index in [9.17, 15) is 9.59 Å². The number of rotatable bonds is 9. The number of carbonyl (C=O) groups is 2. The summed E-state index contributed by atoms with van der Waals surface area (Å²) in [6, 6.07) is 10.2. The maximum Gasteiger partial charge on any atom is 0.303 e. The van der Waals surface area contributed by atoms with Gasteiger partial charge in [0, 0.05) is 18.9 Å². The molecule has 0 aromatic heterocycles. The molecule has 0 bridgehead atoms. The molecule has 1 aromatic rings. The quantitative estimate of drug-likeness (QED) is 0.735. The molecule has 0 aliphatic heterocycles. The highest BCUT2D eigenvalue weighted by Crippen LogP contribution is 2.11. The normalized spacial score (nSPS) is 13.4. The van der Waals surface area contributed by atoms with E-state index < -0.39 is 5.97 Å². The third-order valence-electron chi connectivity index (χ3n) is 3.54. The van der Waals surface area contributed by atoms with Gasteiger partial charge in [-0.15, -0.1) is 0 Å². The first-order valence-corrected chi connectivity index (χ1v) is 7.52. The molecule has 2 atom stereocenters. The molecular formula is C17H25NO3. The van der Waals surface area contributed by atoms with Crippen molar-refractivity contribution >= 4 is 11.9 Å². The zero-order chi connectivity index (χ0) is 15.7. The van der Waals surface area contributed by atoms with Crippen LogP contribution in [0.1, 0.15) is 38.7 Å². The Kier molecular flexibility index (Phi) is 7.51. The van der Waals surface area contributed by atoms with Gasteiger partial charge in [0.05, 0.1) is 0 Å². The number of benzene rings is 1. The second-order valence-electron chi connectivity index (χ2n) is 5.73. The van der Waals surface area contributed by atoms with E-state index in [4.69, 9.17) is 5.11 Å². The summed E-state index contributed by atoms with van der Waals surface area (Å²) >= 11 is 0. The Morgan fingerprint density at radius 3 is 2.48 bits per heavy atom. The van der Waals surface area contributed by atoms with Crippen molar-refractivity contribution in [2.75, 3.05) is 6.54 Å². The summed E-state index contributed by atoms with van der Waals surface area (Å²) in [6.45, 7) is 4.17. The van der Waals surface area contributed by atoms with Gasteiger partial charge in [-0.3, -0.25) is 9.59 Å². The van der Waals surface area contributed by atoms with Crippen molar-refractivity contribution in [3.05, 3.63) is 35.9 Å². The number of nitrogens with one attached hydrogen (secondary N) is 1. The fourth-order valence-electron chi connectivity index (χ4n) is 2.21. The minimum absolute atomic E-state index is 0.0142. The Labute approximate surface area is 126 Å². The summed E-state index contributed by atoms with van der Waals surface area (Å²) in [6.07, 6.45) is 2.88. The number of carboxylic acids is 1. The van der Waals surface area contributed by atoms with E-state index in [1.165, 1.54) is 5.56 Å². The van der Waals surface area contributed by atoms with Gasteiger partial charge in [0.1, 0.15) is 0 Å². The molecule has 4 nitrogen and oxygen atoms in total. The second-order valence-corrected chi connectivity index (χ2v) is 5.73. The molecule has 21 heavy (non-hydrogen) atoms. The van der Waals surface area contributed by atoms with Crippen LogP contribution in [0.2, 0.25) is 0 Å². The van der Waals surface area contributed by atoms with Crippen molar-refractivity contribution in [2.24, 2.45) is 11.8 Å². The summed E-state index contributed by atoms with van der Waals surface area (Å²) in [4.78, 5) is 22.5. The Morgan fingerprint density at radius 1 is 1.19 bits per heavy atom. The lowest BCUT2D eigenvalue weighted by molar-refractivity contribution is -0.138. The molecule has 1 rings (SSSR count). The van der Waals surface area contributed by atoms with Crippen molar-refractivity contribution in [3.8, 4) is 0 Å². The molecule has 1 amide bonds. The first kappa shape index (κ1) is 17.2. The molecule has 0 saturated carbocycles. The van der Waals surface area contributed by atoms with Gasteiger partial charge in [-0.05, 0) is 30.7 Å². The lowest BCUT2D eigenvalue weighted by Gasteiger charge is -2.14. The molecule has 0 spiro atoms. The van der Waals surface area contributed by atoms with E-state index in [1.807, 2.05) is 32.0 Å². The third-order valence-corrected chi connectivity index (χ3v) is 3.54. The van der Waals surface area contributed by atoms with E-state index in [1.54, 1.807) is 0 Å². The fraction of sp³-hybridized carbons (Fsp3) is 0.529. The van der Waals surface area contributed by atoms with Gasteiger partial charge in [0.15, 0.2) is 0 Å². The van der Waals surface area contributed by atoms with Gasteiger partial charge in [-0.1, -0.05) is 44.2 Å². The van der Waals surface area contributed by atoms with Crippen LogP contribution in [0.25, 0.3) is 0 Å². The molecule has 0 aliphatic carbocycles. The van der Waals surface area contributed by atoms with Crippen LogP contribution in [-0.4, -0.2) is 23.5 Å². The van der Waals surface area contributed by atoms with Gasteiger partial charge in [0.25, 0.3) is 0 Å². The molecule has 2 N–H and O–H groups in total. The van der Waals surface area contributed by atoms with E-state index >= 15 is 0 Å². The lowest BCUT2D eigenvalue weighted by atomic mass is 10.00. The van der Waals surface area contributed by atoms with Crippen LogP contribution in [0.3, 0.4) is 0 Å². The molecule has 2 unspecified atom stereocenters. The Hall–Kier alpha value is -1.84. The average Bonchev–Trinajstić information content (AvgIpc) is 2.45. The average molecular weight is 291 g/mol. The molecular weight excluding hydrogens is 266 g/mol. The molecule has 0 saturated heterocycles. The topological polar surface area (TPSA) is 66.4 Å². The zero-order valence-electron chi connectivity index (χ0n) is 12.8. The zero-order valence-corrected chi connectivity index (χ0v) is 12.8. The van der Waals surface area contributed by atoms with E-state index in [-0.39, 0.29) is 24.2 Å². The minimum atomic E-state index is -0.826. The SMILES string of the molecule is CC(CNC(=O)C(C)CCCc1ccccc1)CC(=O)O. The van der Waals surface area contributed by atoms with Crippen molar-refractivity contribution in [1.82, 2.24) is 5.32 Å². The molecule has 0 fully saturated rings. The van der Waals surface area contributed by atoms with E-state index in [0.717, 1.165) is 19.3 Å². The van der Waals surface area contributed by atoms with Crippen LogP contribution in [0.5, 0.6) is 0 Å². The van der Waals surface area contributed by atoms with Gasteiger partial charge in [-0.25, -0.2) is 0 Å². The lowest BCUT2D eigenvalue weighted by Crippen LogP contribution is -2.33. The molecule has 4 heteroatoms. The van der Waals surface area contributed by atoms with Crippen LogP contribution in [0.4, 0.5) is 0 Å². The van der Waals surface area contributed by atoms with E-state index in [2.05, 4.69) is 17.4 Å². The third kappa shape index (κ3) is 7.49. The maximum absolute atomic E-state index is 11.9. The summed E-state index contributed by atoms with van der Waals surface area (Å²) in [5, 5.41) is 11.5. The largest absolute Gasteiger partial charge is 0.481 e. The molecule has 0 aliphatic rings. The maximum atomic E-state index is 11.9. The minimum Gasteiger partial charge on any atom is -0.481 e. The number of hydrogen-bond acceptors (Lipinski definition) is 2. The van der Waals surface area contributed by atoms with Crippen molar-refractivity contribution in [2.45, 2.75) is 39.5 Å². The summed E-state index contributed by atoms with van der Waals surface area (Å²) in [5.41, 5.74) is 1.29. The van der Waals surface area contributed by atoms with E-state index in [0.29, 0.717) is 6.54 Å². The number of amides is 1. The number of hydrogen-bond donors (Lipinski definition) is 2. The highest BCUT2D eigenvalue weighted by atomic mass is 16.4. The summed E-state index contributed by atoms with van der Waals surface area (Å²) in [7, 11) is 0. The van der Waals surface area contributed by atoms with Crippen molar-refractivity contribution in [1.29, 1.82) is 0 Å². The van der Waals surface area contributed by atoms with Gasteiger partial charge < -0.3 is 10.4 Å². The highest BCUT2D eigenvalue weighted by Gasteiger charge is 2.14. The number of carboxylic acid groups (broad SMARTS) is 1. The highest BCUT2D eigenvalue weighted by molar-refractivity contribution is 5.78. The molecule has 116 valence electrons. The number of aliphatic carboxylic acids is 1. The summed E-state index contributed by atoms with van der Waals surface area (Å²) in [5.74, 6) is -0.887. The van der Waals surface area contributed by atoms with Crippen LogP contribution in [-0.2, 0) is 16.0 Å². The molecule has 0 heterocycles. The first-order valence-electron chi connectivity index (χ1n) is 7.52. The molecule has 0 radical (unpaired) electrons. The van der Waals surface area contributed by atoms with Crippen molar-refractivity contribution in [3.63, 3.8) is 0 Å². The standard InChI is InChI=1S/C17H25NO3/c1-13(11-16(19)20)12-18-17(21)14(2)7-6-10-15-8-4-3-5-9-15/h3-5,8-9,13-14H,6-7,10-12H2,1-2H3,(H,18,21)(H,19,20). The summed E-state index contributed by atoms with van der Waals surface area (Å²) < 4.78 is 0. The first-order chi connectivity index (χ1) is 9.99. The number of carbonyl (C=O) groups excluding carboxylic acids is 1. The van der Waals surface area contributed by atoms with Crippen molar-refractivity contribution < 1.29 is 14.7 Å². The molecule has 1 aromatic carbocycles. The second kappa shape index (κ2) is 9.16. The monoisotopic (exact) mass is 291 g/mol. The Morgan fingerprint density at radius 2 is 1.86 bits per heavy atom. The van der Waals surface area contributed by atoms with Gasteiger partial charge >= 0.3 is 5.97 Å². The van der Waals surface area contributed by atoms with Crippen LogP contribution in [0.15, 0.2) is 30.3 Å². The predicted octanol–water partition coefficient (Wildman–Crippen LogP) is 2.87. The van der Waals surface area contributed by atoms with Gasteiger partial charge in [0.2, 0.25) is 5.91 Å². The fourth-order valence-corrected chi connectivity index (χ4v) is 2.21. The smallest absolute Gasteiger partial charge is 0.303 e. The van der Waals surface area contributed by atoms with Crippen LogP contribution in [0, 0.1) is 11.8 Å². The van der Waals surface area contributed by atoms with Crippen LogP contribution < -0.4 is 5.32 Å².